The zero-order valence-corrected chi connectivity index (χ0v) is 16.2. The van der Waals surface area contributed by atoms with Gasteiger partial charge < -0.3 is 10.5 Å². The fourth-order valence-corrected chi connectivity index (χ4v) is 2.77. The van der Waals surface area contributed by atoms with Gasteiger partial charge in [0.25, 0.3) is 0 Å². The van der Waals surface area contributed by atoms with Gasteiger partial charge >= 0.3 is 6.36 Å². The average molecular weight is 414 g/mol. The van der Waals surface area contributed by atoms with Crippen LogP contribution < -0.4 is 10.5 Å². The topological polar surface area (TPSA) is 77.6 Å². The Morgan fingerprint density at radius 2 is 1.89 bits per heavy atom. The minimum Gasteiger partial charge on any atom is -0.406 e. The first-order valence-corrected chi connectivity index (χ1v) is 8.74. The van der Waals surface area contributed by atoms with Gasteiger partial charge in [-0.3, -0.25) is 14.8 Å². The number of pyridine rings is 1. The summed E-state index contributed by atoms with van der Waals surface area (Å²) in [5, 5.41) is 0.0961. The van der Waals surface area contributed by atoms with Gasteiger partial charge in [-0.15, -0.1) is 13.2 Å². The molecule has 5 nitrogen and oxygen atoms in total. The Balaban J connectivity index is 2.43. The van der Waals surface area contributed by atoms with E-state index in [-0.39, 0.29) is 16.5 Å². The van der Waals surface area contributed by atoms with Gasteiger partial charge in [-0.1, -0.05) is 25.4 Å². The van der Waals surface area contributed by atoms with Gasteiger partial charge in [0, 0.05) is 16.8 Å². The number of hydrogen-bond acceptors (Lipinski definition) is 4. The van der Waals surface area contributed by atoms with Crippen LogP contribution in [0.15, 0.2) is 41.5 Å². The van der Waals surface area contributed by atoms with Crippen LogP contribution in [-0.4, -0.2) is 23.0 Å². The fraction of sp³-hybridized carbons (Fsp3) is 0.316. The van der Waals surface area contributed by atoms with Crippen LogP contribution in [0, 0.1) is 5.92 Å². The quantitative estimate of drug-likeness (QED) is 0.681. The lowest BCUT2D eigenvalue weighted by atomic mass is 10.0. The molecule has 9 heteroatoms. The van der Waals surface area contributed by atoms with E-state index in [2.05, 4.69) is 14.7 Å². The monoisotopic (exact) mass is 413 g/mol. The van der Waals surface area contributed by atoms with Gasteiger partial charge in [-0.25, -0.2) is 0 Å². The smallest absolute Gasteiger partial charge is 0.406 e. The van der Waals surface area contributed by atoms with Crippen molar-refractivity contribution < 1.29 is 22.7 Å². The first-order chi connectivity index (χ1) is 13.0. The van der Waals surface area contributed by atoms with Crippen molar-refractivity contribution in [1.29, 1.82) is 0 Å². The molecule has 2 N–H and O–H groups in total. The summed E-state index contributed by atoms with van der Waals surface area (Å²) in [6, 6.07) is 6.32. The maximum atomic E-state index is 12.5. The summed E-state index contributed by atoms with van der Waals surface area (Å²) in [6.07, 6.45) is -3.37. The van der Waals surface area contributed by atoms with Crippen LogP contribution in [0.3, 0.4) is 0 Å². The number of alkyl halides is 3. The molecule has 0 spiro atoms. The summed E-state index contributed by atoms with van der Waals surface area (Å²) in [4.78, 5) is 20.3. The number of carbonyl (C=O) groups excluding carboxylic acids is 1. The van der Waals surface area contributed by atoms with Gasteiger partial charge in [-0.05, 0) is 48.7 Å². The van der Waals surface area contributed by atoms with E-state index in [0.717, 1.165) is 6.07 Å². The molecule has 1 amide bonds. The number of halogens is 4. The van der Waals surface area contributed by atoms with E-state index in [1.54, 1.807) is 6.92 Å². The highest BCUT2D eigenvalue weighted by atomic mass is 35.5. The predicted molar refractivity (Wildman–Crippen MR) is 101 cm³/mol. The average Bonchev–Trinajstić information content (AvgIpc) is 2.57. The maximum Gasteiger partial charge on any atom is 0.573 e. The highest BCUT2D eigenvalue weighted by Crippen LogP contribution is 2.31. The van der Waals surface area contributed by atoms with Crippen LogP contribution >= 0.6 is 11.6 Å². The normalized spacial score (nSPS) is 13.5. The third-order valence-corrected chi connectivity index (χ3v) is 4.01. The highest BCUT2D eigenvalue weighted by Gasteiger charge is 2.31. The summed E-state index contributed by atoms with van der Waals surface area (Å²) in [5.41, 5.74) is 7.08. The summed E-state index contributed by atoms with van der Waals surface area (Å²) in [7, 11) is 0. The molecule has 1 unspecified atom stereocenters. The second-order valence-corrected chi connectivity index (χ2v) is 6.84. The van der Waals surface area contributed by atoms with E-state index in [1.165, 1.54) is 30.5 Å². The van der Waals surface area contributed by atoms with Crippen LogP contribution in [-0.2, 0) is 0 Å². The van der Waals surface area contributed by atoms with E-state index < -0.39 is 24.1 Å². The molecular weight excluding hydrogens is 395 g/mol. The molecule has 0 fully saturated rings. The largest absolute Gasteiger partial charge is 0.573 e. The maximum absolute atomic E-state index is 12.5. The number of primary amides is 1. The number of benzene rings is 1. The molecule has 28 heavy (non-hydrogen) atoms. The van der Waals surface area contributed by atoms with Crippen LogP contribution in [0.2, 0.25) is 5.02 Å². The number of amides is 1. The molecule has 2 rings (SSSR count). The van der Waals surface area contributed by atoms with E-state index >= 15 is 0 Å². The Bertz CT molecular complexity index is 898. The zero-order chi connectivity index (χ0) is 21.1. The molecule has 0 aliphatic carbocycles. The molecule has 1 aromatic heterocycles. The van der Waals surface area contributed by atoms with Crippen LogP contribution in [0.25, 0.3) is 0 Å². The summed E-state index contributed by atoms with van der Waals surface area (Å²) < 4.78 is 41.5. The third kappa shape index (κ3) is 5.95. The molecule has 0 saturated carbocycles. The minimum absolute atomic E-state index is 0.0665. The number of nitrogens with zero attached hydrogens (tertiary/aromatic N) is 2. The molecule has 0 aliphatic rings. The molecule has 1 atom stereocenters. The number of aliphatic imine (C=N–C) groups is 1. The van der Waals surface area contributed by atoms with Crippen molar-refractivity contribution in [3.05, 3.63) is 58.4 Å². The number of carbonyl (C=O) groups is 1. The molecule has 0 radical (unpaired) electrons. The SMILES string of the molecule is CC(C)C(=NC(C)c1cc(Cl)cc(OC(F)(F)F)c1)c1cc(C(N)=O)ccn1. The van der Waals surface area contributed by atoms with Crippen LogP contribution in [0.5, 0.6) is 5.75 Å². The minimum atomic E-state index is -4.82. The number of aromatic nitrogens is 1. The lowest BCUT2D eigenvalue weighted by Crippen LogP contribution is -2.17. The standard InChI is InChI=1S/C19H19ClF3N3O2/c1-10(2)17(16-8-12(18(24)27)4-5-25-16)26-11(3)13-6-14(20)9-15(7-13)28-19(21,22)23/h4-11H,1-3H3,(H2,24,27). The van der Waals surface area contributed by atoms with E-state index in [4.69, 9.17) is 17.3 Å². The number of ether oxygens (including phenoxy) is 1. The summed E-state index contributed by atoms with van der Waals surface area (Å²) in [5.74, 6) is -1.08. The molecule has 0 saturated heterocycles. The van der Waals surface area contributed by atoms with Crippen LogP contribution in [0.1, 0.15) is 48.4 Å². The second-order valence-electron chi connectivity index (χ2n) is 6.41. The second kappa shape index (κ2) is 8.60. The molecule has 0 bridgehead atoms. The Kier molecular flexibility index (Phi) is 6.66. The van der Waals surface area contributed by atoms with Gasteiger partial charge in [0.2, 0.25) is 5.91 Å². The lowest BCUT2D eigenvalue weighted by molar-refractivity contribution is -0.274. The Hall–Kier alpha value is -2.61. The summed E-state index contributed by atoms with van der Waals surface area (Å²) >= 11 is 5.94. The summed E-state index contributed by atoms with van der Waals surface area (Å²) in [6.45, 7) is 5.49. The van der Waals surface area contributed by atoms with E-state index in [0.29, 0.717) is 17.0 Å². The van der Waals surface area contributed by atoms with Gasteiger partial charge in [-0.2, -0.15) is 0 Å². The van der Waals surface area contributed by atoms with Gasteiger partial charge in [0.1, 0.15) is 5.75 Å². The molecule has 2 aromatic rings. The number of nitrogens with two attached hydrogens (primary N) is 1. The Morgan fingerprint density at radius 1 is 1.21 bits per heavy atom. The van der Waals surface area contributed by atoms with Crippen molar-refractivity contribution in [3.8, 4) is 5.75 Å². The molecular formula is C19H19ClF3N3O2. The Labute approximate surface area is 165 Å². The van der Waals surface area contributed by atoms with E-state index in [9.17, 15) is 18.0 Å². The van der Waals surface area contributed by atoms with Crippen molar-refractivity contribution >= 4 is 23.2 Å². The predicted octanol–water partition coefficient (Wildman–Crippen LogP) is 4.94. The van der Waals surface area contributed by atoms with Crippen molar-refractivity contribution in [2.24, 2.45) is 16.6 Å². The lowest BCUT2D eigenvalue weighted by Gasteiger charge is -2.16. The first kappa shape index (κ1) is 21.7. The van der Waals surface area contributed by atoms with Crippen molar-refractivity contribution in [1.82, 2.24) is 4.98 Å². The molecule has 1 heterocycles. The third-order valence-electron chi connectivity index (χ3n) is 3.80. The fourth-order valence-electron chi connectivity index (χ4n) is 2.54. The number of hydrogen-bond donors (Lipinski definition) is 1. The first-order valence-electron chi connectivity index (χ1n) is 8.36. The molecule has 0 aliphatic heterocycles. The van der Waals surface area contributed by atoms with Gasteiger partial charge in [0.05, 0.1) is 17.4 Å². The zero-order valence-electron chi connectivity index (χ0n) is 15.4. The van der Waals surface area contributed by atoms with E-state index in [1.807, 2.05) is 13.8 Å². The molecule has 150 valence electrons. The Morgan fingerprint density at radius 3 is 2.46 bits per heavy atom. The van der Waals surface area contributed by atoms with Crippen molar-refractivity contribution in [3.63, 3.8) is 0 Å². The van der Waals surface area contributed by atoms with Crippen LogP contribution in [0.4, 0.5) is 13.2 Å². The molecule has 1 aromatic carbocycles. The van der Waals surface area contributed by atoms with Crippen molar-refractivity contribution in [2.45, 2.75) is 33.2 Å². The highest BCUT2D eigenvalue weighted by molar-refractivity contribution is 6.30. The van der Waals surface area contributed by atoms with Crippen molar-refractivity contribution in [2.75, 3.05) is 0 Å². The number of rotatable bonds is 6. The van der Waals surface area contributed by atoms with Gasteiger partial charge in [0.15, 0.2) is 0 Å².